The number of para-hydroxylation sites is 1. The highest BCUT2D eigenvalue weighted by Gasteiger charge is 2.17. The molecule has 7 nitrogen and oxygen atoms in total. The predicted molar refractivity (Wildman–Crippen MR) is 101 cm³/mol. The zero-order valence-corrected chi connectivity index (χ0v) is 15.1. The monoisotopic (exact) mass is 347 g/mol. The van der Waals surface area contributed by atoms with Gasteiger partial charge in [0.2, 0.25) is 0 Å². The van der Waals surface area contributed by atoms with E-state index in [0.717, 1.165) is 34.9 Å². The number of nitrogens with zero attached hydrogens (tertiary/aromatic N) is 6. The smallest absolute Gasteiger partial charge is 0.168 e. The molecule has 0 bridgehead atoms. The molecule has 0 radical (unpaired) electrons. The molecule has 4 rings (SSSR count). The molecule has 0 aliphatic rings. The summed E-state index contributed by atoms with van der Waals surface area (Å²) in [5.74, 6) is 2.45. The van der Waals surface area contributed by atoms with Crippen molar-refractivity contribution in [1.82, 2.24) is 29.3 Å². The summed E-state index contributed by atoms with van der Waals surface area (Å²) in [4.78, 5) is 13.7. The summed E-state index contributed by atoms with van der Waals surface area (Å²) in [5, 5.41) is 8.89. The van der Waals surface area contributed by atoms with Crippen LogP contribution in [0.25, 0.3) is 16.7 Å². The van der Waals surface area contributed by atoms with Crippen molar-refractivity contribution in [2.75, 3.05) is 5.32 Å². The minimum absolute atomic E-state index is 0.0162. The maximum absolute atomic E-state index is 4.60. The largest absolute Gasteiger partial charge is 0.360 e. The van der Waals surface area contributed by atoms with Gasteiger partial charge in [0, 0.05) is 18.9 Å². The van der Waals surface area contributed by atoms with Crippen LogP contribution in [-0.4, -0.2) is 29.3 Å². The Hall–Kier alpha value is -3.22. The molecule has 7 heteroatoms. The number of imidazole rings is 1. The van der Waals surface area contributed by atoms with Crippen molar-refractivity contribution in [3.63, 3.8) is 0 Å². The van der Waals surface area contributed by atoms with Gasteiger partial charge in [-0.3, -0.25) is 0 Å². The number of anilines is 1. The van der Waals surface area contributed by atoms with Crippen molar-refractivity contribution in [2.24, 2.45) is 0 Å². The van der Waals surface area contributed by atoms with E-state index in [1.165, 1.54) is 0 Å². The van der Waals surface area contributed by atoms with Gasteiger partial charge in [-0.15, -0.1) is 0 Å². The number of aromatic nitrogens is 6. The van der Waals surface area contributed by atoms with Gasteiger partial charge < -0.3 is 9.88 Å². The second-order valence-corrected chi connectivity index (χ2v) is 6.19. The molecule has 1 aromatic carbocycles. The molecule has 26 heavy (non-hydrogen) atoms. The standard InChI is InChI=1S/C19H21N7/c1-4-25-11-10-20-18(25)13(2)22-17-16-12-21-26(15-8-6-5-7-9-15)19(16)24-14(3)23-17/h5-13H,4H2,1-3H3,(H,22,23,24). The van der Waals surface area contributed by atoms with Crippen molar-refractivity contribution in [1.29, 1.82) is 0 Å². The van der Waals surface area contributed by atoms with Gasteiger partial charge in [0.25, 0.3) is 0 Å². The van der Waals surface area contributed by atoms with Crippen LogP contribution < -0.4 is 5.32 Å². The fourth-order valence-electron chi connectivity index (χ4n) is 3.12. The first-order valence-electron chi connectivity index (χ1n) is 8.72. The minimum atomic E-state index is 0.0162. The fraction of sp³-hybridized carbons (Fsp3) is 0.263. The summed E-state index contributed by atoms with van der Waals surface area (Å²) in [7, 11) is 0. The third kappa shape index (κ3) is 2.81. The lowest BCUT2D eigenvalue weighted by Gasteiger charge is -2.16. The Morgan fingerprint density at radius 3 is 2.73 bits per heavy atom. The van der Waals surface area contributed by atoms with Gasteiger partial charge in [-0.05, 0) is 32.9 Å². The average Bonchev–Trinajstić information content (AvgIpc) is 3.29. The average molecular weight is 347 g/mol. The van der Waals surface area contributed by atoms with E-state index in [2.05, 4.69) is 43.8 Å². The van der Waals surface area contributed by atoms with Crippen LogP contribution in [0, 0.1) is 6.92 Å². The van der Waals surface area contributed by atoms with E-state index >= 15 is 0 Å². The summed E-state index contributed by atoms with van der Waals surface area (Å²) in [6, 6.07) is 10.0. The first-order valence-corrected chi connectivity index (χ1v) is 8.72. The number of fused-ring (bicyclic) bond motifs is 1. The highest BCUT2D eigenvalue weighted by atomic mass is 15.3. The summed E-state index contributed by atoms with van der Waals surface area (Å²) < 4.78 is 3.96. The van der Waals surface area contributed by atoms with Crippen LogP contribution in [0.5, 0.6) is 0 Å². The molecule has 0 amide bonds. The molecule has 0 saturated carbocycles. The van der Waals surface area contributed by atoms with Crippen LogP contribution in [0.2, 0.25) is 0 Å². The molecular weight excluding hydrogens is 326 g/mol. The van der Waals surface area contributed by atoms with Crippen LogP contribution in [0.1, 0.15) is 31.5 Å². The highest BCUT2D eigenvalue weighted by molar-refractivity contribution is 5.87. The molecular formula is C19H21N7. The Kier molecular flexibility index (Phi) is 4.12. The van der Waals surface area contributed by atoms with Crippen molar-refractivity contribution in [3.8, 4) is 5.69 Å². The lowest BCUT2D eigenvalue weighted by molar-refractivity contribution is 0.658. The van der Waals surface area contributed by atoms with Crippen LogP contribution in [0.3, 0.4) is 0 Å². The van der Waals surface area contributed by atoms with Crippen LogP contribution in [-0.2, 0) is 6.54 Å². The SMILES string of the molecule is CCn1ccnc1C(C)Nc1nc(C)nc2c1cnn2-c1ccccc1. The first kappa shape index (κ1) is 16.3. The van der Waals surface area contributed by atoms with Gasteiger partial charge in [-0.2, -0.15) is 5.10 Å². The molecule has 1 atom stereocenters. The first-order chi connectivity index (χ1) is 12.7. The Morgan fingerprint density at radius 1 is 1.15 bits per heavy atom. The van der Waals surface area contributed by atoms with Gasteiger partial charge in [-0.25, -0.2) is 19.6 Å². The Morgan fingerprint density at radius 2 is 1.96 bits per heavy atom. The molecule has 0 spiro atoms. The van der Waals surface area contributed by atoms with Crippen molar-refractivity contribution >= 4 is 16.9 Å². The van der Waals surface area contributed by atoms with E-state index in [1.54, 1.807) is 0 Å². The Bertz CT molecular complexity index is 1030. The number of rotatable bonds is 5. The van der Waals surface area contributed by atoms with Crippen molar-refractivity contribution < 1.29 is 0 Å². The van der Waals surface area contributed by atoms with Gasteiger partial charge in [-0.1, -0.05) is 18.2 Å². The summed E-state index contributed by atoms with van der Waals surface area (Å²) in [6.45, 7) is 6.96. The Labute approximate surface area is 151 Å². The molecule has 0 aliphatic carbocycles. The second kappa shape index (κ2) is 6.59. The van der Waals surface area contributed by atoms with E-state index in [-0.39, 0.29) is 6.04 Å². The molecule has 0 saturated heterocycles. The summed E-state index contributed by atoms with van der Waals surface area (Å²) in [6.07, 6.45) is 5.62. The topological polar surface area (TPSA) is 73.5 Å². The molecule has 1 N–H and O–H groups in total. The quantitative estimate of drug-likeness (QED) is 0.598. The van der Waals surface area contributed by atoms with Gasteiger partial charge >= 0.3 is 0 Å². The lowest BCUT2D eigenvalue weighted by atomic mass is 10.3. The number of benzene rings is 1. The number of aryl methyl sites for hydroxylation is 2. The molecule has 3 heterocycles. The molecule has 0 aliphatic heterocycles. The van der Waals surface area contributed by atoms with E-state index in [1.807, 2.05) is 60.5 Å². The van der Waals surface area contributed by atoms with Crippen LogP contribution >= 0.6 is 0 Å². The molecule has 1 unspecified atom stereocenters. The maximum atomic E-state index is 4.60. The predicted octanol–water partition coefficient (Wildman–Crippen LogP) is 3.51. The van der Waals surface area contributed by atoms with E-state index in [4.69, 9.17) is 0 Å². The summed E-state index contributed by atoms with van der Waals surface area (Å²) >= 11 is 0. The molecule has 0 fully saturated rings. The van der Waals surface area contributed by atoms with E-state index in [9.17, 15) is 0 Å². The van der Waals surface area contributed by atoms with Gasteiger partial charge in [0.15, 0.2) is 5.65 Å². The zero-order chi connectivity index (χ0) is 18.1. The third-order valence-electron chi connectivity index (χ3n) is 4.37. The lowest BCUT2D eigenvalue weighted by Crippen LogP contribution is -2.14. The molecule has 3 aromatic heterocycles. The van der Waals surface area contributed by atoms with Gasteiger partial charge in [0.1, 0.15) is 17.5 Å². The van der Waals surface area contributed by atoms with E-state index in [0.29, 0.717) is 5.82 Å². The Balaban J connectivity index is 1.75. The summed E-state index contributed by atoms with van der Waals surface area (Å²) in [5.41, 5.74) is 1.76. The van der Waals surface area contributed by atoms with Crippen molar-refractivity contribution in [2.45, 2.75) is 33.4 Å². The zero-order valence-electron chi connectivity index (χ0n) is 15.1. The highest BCUT2D eigenvalue weighted by Crippen LogP contribution is 2.25. The van der Waals surface area contributed by atoms with Gasteiger partial charge in [0.05, 0.1) is 23.3 Å². The number of nitrogens with one attached hydrogen (secondary N) is 1. The van der Waals surface area contributed by atoms with Crippen molar-refractivity contribution in [3.05, 3.63) is 60.6 Å². The number of hydrogen-bond acceptors (Lipinski definition) is 5. The molecule has 132 valence electrons. The fourth-order valence-corrected chi connectivity index (χ4v) is 3.12. The molecule has 4 aromatic rings. The van der Waals surface area contributed by atoms with E-state index < -0.39 is 0 Å². The minimum Gasteiger partial charge on any atom is -0.360 e. The van der Waals surface area contributed by atoms with Crippen LogP contribution in [0.15, 0.2) is 48.9 Å². The third-order valence-corrected chi connectivity index (χ3v) is 4.37. The second-order valence-electron chi connectivity index (χ2n) is 6.19. The number of hydrogen-bond donors (Lipinski definition) is 1. The normalized spacial score (nSPS) is 12.4. The van der Waals surface area contributed by atoms with Crippen LogP contribution in [0.4, 0.5) is 5.82 Å². The maximum Gasteiger partial charge on any atom is 0.168 e.